The number of benzene rings is 1. The van der Waals surface area contributed by atoms with Gasteiger partial charge in [0.05, 0.1) is 18.6 Å². The fourth-order valence-corrected chi connectivity index (χ4v) is 5.37. The zero-order valence-electron chi connectivity index (χ0n) is 19.3. The van der Waals surface area contributed by atoms with Crippen molar-refractivity contribution < 1.29 is 28.2 Å². The van der Waals surface area contributed by atoms with Crippen LogP contribution in [0.5, 0.6) is 0 Å². The van der Waals surface area contributed by atoms with Gasteiger partial charge in [0.15, 0.2) is 5.78 Å². The van der Waals surface area contributed by atoms with E-state index >= 15 is 4.39 Å². The Morgan fingerprint density at radius 3 is 2.48 bits per heavy atom. The summed E-state index contributed by atoms with van der Waals surface area (Å²) in [6.45, 7) is 3.56. The minimum atomic E-state index is -1.00. The third-order valence-electron chi connectivity index (χ3n) is 7.01. The number of ketones is 1. The highest BCUT2D eigenvalue weighted by Gasteiger charge is 2.48. The zero-order valence-corrected chi connectivity index (χ0v) is 19.3. The number of ether oxygens (including phenoxy) is 2. The van der Waals surface area contributed by atoms with Gasteiger partial charge in [-0.25, -0.2) is 9.18 Å². The Bertz CT molecular complexity index is 1040. The first kappa shape index (κ1) is 23.2. The van der Waals surface area contributed by atoms with E-state index in [0.717, 1.165) is 32.1 Å². The highest BCUT2D eigenvalue weighted by molar-refractivity contribution is 6.12. The van der Waals surface area contributed by atoms with Crippen LogP contribution in [0.2, 0.25) is 0 Å². The first-order valence-electron chi connectivity index (χ1n) is 11.6. The molecule has 0 bridgehead atoms. The summed E-state index contributed by atoms with van der Waals surface area (Å²) in [5, 5.41) is 3.21. The Hall–Kier alpha value is -2.96. The van der Waals surface area contributed by atoms with E-state index in [0.29, 0.717) is 17.8 Å². The first-order valence-corrected chi connectivity index (χ1v) is 11.6. The van der Waals surface area contributed by atoms with Crippen LogP contribution < -0.4 is 5.32 Å². The van der Waals surface area contributed by atoms with Gasteiger partial charge in [0.1, 0.15) is 17.8 Å². The number of esters is 2. The van der Waals surface area contributed by atoms with E-state index in [2.05, 4.69) is 5.32 Å². The molecular formula is C26H30FNO5. The molecule has 176 valence electrons. The molecule has 4 rings (SSSR count). The number of hydrogen-bond acceptors (Lipinski definition) is 6. The average molecular weight is 456 g/mol. The van der Waals surface area contributed by atoms with Crippen molar-refractivity contribution >= 4 is 17.7 Å². The van der Waals surface area contributed by atoms with Gasteiger partial charge in [-0.2, -0.15) is 0 Å². The van der Waals surface area contributed by atoms with Crippen molar-refractivity contribution in [3.8, 4) is 0 Å². The van der Waals surface area contributed by atoms with Gasteiger partial charge in [-0.05, 0) is 51.0 Å². The number of carbonyl (C=O) groups excluding carboxylic acids is 3. The second kappa shape index (κ2) is 9.49. The third-order valence-corrected chi connectivity index (χ3v) is 7.01. The summed E-state index contributed by atoms with van der Waals surface area (Å²) in [5.74, 6) is -4.37. The van der Waals surface area contributed by atoms with Crippen molar-refractivity contribution in [2.45, 2.75) is 64.4 Å². The van der Waals surface area contributed by atoms with Crippen LogP contribution in [-0.4, -0.2) is 30.9 Å². The molecule has 3 atom stereocenters. The molecule has 7 heteroatoms. The number of dihydropyridines is 1. The maximum Gasteiger partial charge on any atom is 0.337 e. The highest BCUT2D eigenvalue weighted by atomic mass is 19.1. The lowest BCUT2D eigenvalue weighted by molar-refractivity contribution is -0.151. The van der Waals surface area contributed by atoms with Crippen LogP contribution in [0.15, 0.2) is 46.8 Å². The van der Waals surface area contributed by atoms with Crippen molar-refractivity contribution in [2.24, 2.45) is 11.8 Å². The SMILES string of the molecule is COC(=O)C1C(=O)C2=C(CC1C)NC(C)=C(C(=O)OC1CCCCC1)C2c1ccccc1F. The Morgan fingerprint density at radius 2 is 1.82 bits per heavy atom. The van der Waals surface area contributed by atoms with E-state index in [4.69, 9.17) is 9.47 Å². The first-order chi connectivity index (χ1) is 15.8. The van der Waals surface area contributed by atoms with Crippen LogP contribution in [0.4, 0.5) is 4.39 Å². The predicted octanol–water partition coefficient (Wildman–Crippen LogP) is 4.31. The minimum Gasteiger partial charge on any atom is -0.468 e. The lowest BCUT2D eigenvalue weighted by atomic mass is 9.69. The van der Waals surface area contributed by atoms with Crippen LogP contribution in [0, 0.1) is 17.7 Å². The van der Waals surface area contributed by atoms with Gasteiger partial charge in [0, 0.05) is 22.5 Å². The predicted molar refractivity (Wildman–Crippen MR) is 119 cm³/mol. The summed E-state index contributed by atoms with van der Waals surface area (Å²) in [7, 11) is 1.25. The molecule has 0 saturated heterocycles. The molecule has 1 aromatic rings. The molecular weight excluding hydrogens is 425 g/mol. The van der Waals surface area contributed by atoms with Crippen LogP contribution in [0.25, 0.3) is 0 Å². The van der Waals surface area contributed by atoms with E-state index in [1.807, 2.05) is 6.92 Å². The number of halogens is 1. The Morgan fingerprint density at radius 1 is 1.12 bits per heavy atom. The van der Waals surface area contributed by atoms with Crippen molar-refractivity contribution in [3.63, 3.8) is 0 Å². The van der Waals surface area contributed by atoms with Gasteiger partial charge >= 0.3 is 11.9 Å². The maximum atomic E-state index is 15.1. The molecule has 1 aliphatic heterocycles. The molecule has 33 heavy (non-hydrogen) atoms. The number of methoxy groups -OCH3 is 1. The van der Waals surface area contributed by atoms with Crippen molar-refractivity contribution in [3.05, 3.63) is 58.2 Å². The lowest BCUT2D eigenvalue weighted by Gasteiger charge is -2.38. The molecule has 1 N–H and O–H groups in total. The van der Waals surface area contributed by atoms with Crippen LogP contribution in [0.1, 0.15) is 63.9 Å². The summed E-state index contributed by atoms with van der Waals surface area (Å²) < 4.78 is 25.8. The molecule has 1 heterocycles. The molecule has 0 spiro atoms. The standard InChI is InChI=1S/C26H30FNO5/c1-14-13-19-23(24(29)20(14)25(30)32-3)22(17-11-7-8-12-18(17)27)21(15(2)28-19)26(31)33-16-9-5-4-6-10-16/h7-8,11-12,14,16,20,22,28H,4-6,9-10,13H2,1-3H3. The quantitative estimate of drug-likeness (QED) is 0.538. The van der Waals surface area contributed by atoms with E-state index in [1.165, 1.54) is 13.2 Å². The van der Waals surface area contributed by atoms with Crippen molar-refractivity contribution in [1.82, 2.24) is 5.32 Å². The van der Waals surface area contributed by atoms with Crippen molar-refractivity contribution in [2.75, 3.05) is 7.11 Å². The van der Waals surface area contributed by atoms with E-state index in [9.17, 15) is 14.4 Å². The molecule has 1 aromatic carbocycles. The molecule has 6 nitrogen and oxygen atoms in total. The molecule has 2 aliphatic carbocycles. The summed E-state index contributed by atoms with van der Waals surface area (Å²) in [5.41, 5.74) is 1.84. The summed E-state index contributed by atoms with van der Waals surface area (Å²) >= 11 is 0. The van der Waals surface area contributed by atoms with Gasteiger partial charge < -0.3 is 14.8 Å². The number of Topliss-reactive ketones (excluding diaryl/α,β-unsaturated/α-hetero) is 1. The molecule has 0 amide bonds. The number of allylic oxidation sites excluding steroid dienone is 3. The Labute approximate surface area is 193 Å². The molecule has 0 aromatic heterocycles. The highest BCUT2D eigenvalue weighted by Crippen LogP contribution is 2.46. The fourth-order valence-electron chi connectivity index (χ4n) is 5.37. The molecule has 0 radical (unpaired) electrons. The second-order valence-electron chi connectivity index (χ2n) is 9.22. The smallest absolute Gasteiger partial charge is 0.337 e. The minimum absolute atomic E-state index is 0.187. The van der Waals surface area contributed by atoms with Crippen LogP contribution in [0.3, 0.4) is 0 Å². The number of nitrogens with one attached hydrogen (secondary N) is 1. The average Bonchev–Trinajstić information content (AvgIpc) is 2.79. The Kier molecular flexibility index (Phi) is 6.68. The van der Waals surface area contributed by atoms with Gasteiger partial charge in [0.25, 0.3) is 0 Å². The second-order valence-corrected chi connectivity index (χ2v) is 9.22. The van der Waals surface area contributed by atoms with Crippen LogP contribution >= 0.6 is 0 Å². The largest absolute Gasteiger partial charge is 0.468 e. The van der Waals surface area contributed by atoms with E-state index in [-0.39, 0.29) is 28.7 Å². The molecule has 3 unspecified atom stereocenters. The fraction of sp³-hybridized carbons (Fsp3) is 0.500. The lowest BCUT2D eigenvalue weighted by Crippen LogP contribution is -2.43. The van der Waals surface area contributed by atoms with E-state index in [1.54, 1.807) is 25.1 Å². The summed E-state index contributed by atoms with van der Waals surface area (Å²) in [6, 6.07) is 6.13. The zero-order chi connectivity index (χ0) is 23.7. The number of hydrogen-bond donors (Lipinski definition) is 1. The molecule has 1 fully saturated rings. The Balaban J connectivity index is 1.80. The van der Waals surface area contributed by atoms with E-state index < -0.39 is 35.4 Å². The topological polar surface area (TPSA) is 81.7 Å². The van der Waals surface area contributed by atoms with Gasteiger partial charge in [-0.3, -0.25) is 9.59 Å². The van der Waals surface area contributed by atoms with Gasteiger partial charge in [0.2, 0.25) is 0 Å². The van der Waals surface area contributed by atoms with Crippen LogP contribution in [-0.2, 0) is 23.9 Å². The molecule has 1 saturated carbocycles. The van der Waals surface area contributed by atoms with Gasteiger partial charge in [-0.1, -0.05) is 31.5 Å². The molecule has 3 aliphatic rings. The summed E-state index contributed by atoms with van der Waals surface area (Å²) in [6.07, 6.45) is 4.93. The third kappa shape index (κ3) is 4.33. The number of carbonyl (C=O) groups is 3. The van der Waals surface area contributed by atoms with Crippen molar-refractivity contribution in [1.29, 1.82) is 0 Å². The number of rotatable bonds is 4. The maximum absolute atomic E-state index is 15.1. The van der Waals surface area contributed by atoms with Gasteiger partial charge in [-0.15, -0.1) is 0 Å². The monoisotopic (exact) mass is 455 g/mol. The normalized spacial score (nSPS) is 25.9. The summed E-state index contributed by atoms with van der Waals surface area (Å²) in [4.78, 5) is 39.5.